The van der Waals surface area contributed by atoms with Gasteiger partial charge in [0.25, 0.3) is 15.7 Å². The summed E-state index contributed by atoms with van der Waals surface area (Å²) in [6.45, 7) is 0. The molecule has 11 heteroatoms. The number of nitro groups is 1. The third-order valence-electron chi connectivity index (χ3n) is 3.82. The summed E-state index contributed by atoms with van der Waals surface area (Å²) in [5, 5.41) is 15.6. The minimum absolute atomic E-state index is 0.0138. The number of nitro benzene ring substituents is 1. The van der Waals surface area contributed by atoms with Crippen molar-refractivity contribution in [2.75, 3.05) is 10.1 Å². The lowest BCUT2D eigenvalue weighted by Gasteiger charge is -2.09. The molecule has 0 bridgehead atoms. The molecule has 2 N–H and O–H groups in total. The van der Waals surface area contributed by atoms with Gasteiger partial charge in [-0.15, -0.1) is 0 Å². The fourth-order valence-electron chi connectivity index (χ4n) is 2.42. The van der Waals surface area contributed by atoms with Gasteiger partial charge < -0.3 is 0 Å². The van der Waals surface area contributed by atoms with E-state index in [1.54, 1.807) is 12.1 Å². The number of hydrogen-bond acceptors (Lipinski definition) is 6. The van der Waals surface area contributed by atoms with Gasteiger partial charge in [0.1, 0.15) is 11.5 Å². The van der Waals surface area contributed by atoms with Crippen molar-refractivity contribution in [1.82, 2.24) is 0 Å². The molecule has 3 aromatic rings. The molecule has 0 fully saturated rings. The molecule has 0 aliphatic carbocycles. The number of nitrogens with zero attached hydrogens (tertiary/aromatic N) is 2. The molecule has 154 valence electrons. The fourth-order valence-corrected chi connectivity index (χ4v) is 3.67. The van der Waals surface area contributed by atoms with Gasteiger partial charge in [-0.05, 0) is 48.0 Å². The van der Waals surface area contributed by atoms with E-state index in [2.05, 4.69) is 15.2 Å². The lowest BCUT2D eigenvalue weighted by molar-refractivity contribution is -0.384. The Hall–Kier alpha value is -3.50. The first-order valence-electron chi connectivity index (χ1n) is 8.36. The largest absolute Gasteiger partial charge is 0.295 e. The summed E-state index contributed by atoms with van der Waals surface area (Å²) < 4.78 is 40.4. The normalized spacial score (nSPS) is 11.4. The van der Waals surface area contributed by atoms with E-state index in [1.807, 2.05) is 0 Å². The number of benzene rings is 3. The van der Waals surface area contributed by atoms with Gasteiger partial charge in [0.15, 0.2) is 0 Å². The molecular weight excluding hydrogens is 435 g/mol. The van der Waals surface area contributed by atoms with Crippen LogP contribution in [0.3, 0.4) is 0 Å². The molecule has 3 rings (SSSR count). The van der Waals surface area contributed by atoms with Gasteiger partial charge in [-0.2, -0.15) is 5.10 Å². The van der Waals surface area contributed by atoms with Crippen LogP contribution in [0.1, 0.15) is 5.56 Å². The van der Waals surface area contributed by atoms with Gasteiger partial charge in [-0.1, -0.05) is 29.8 Å². The average molecular weight is 449 g/mol. The minimum atomic E-state index is -4.09. The second-order valence-electron chi connectivity index (χ2n) is 5.97. The zero-order chi connectivity index (χ0) is 21.7. The summed E-state index contributed by atoms with van der Waals surface area (Å²) >= 11 is 5.84. The van der Waals surface area contributed by atoms with Crippen molar-refractivity contribution in [3.63, 3.8) is 0 Å². The van der Waals surface area contributed by atoms with Crippen LogP contribution >= 0.6 is 11.6 Å². The number of anilines is 2. The molecule has 0 atom stereocenters. The first-order chi connectivity index (χ1) is 14.2. The van der Waals surface area contributed by atoms with E-state index in [9.17, 15) is 22.9 Å². The maximum Gasteiger partial charge on any atom is 0.295 e. The van der Waals surface area contributed by atoms with E-state index in [1.165, 1.54) is 54.7 Å². The average Bonchev–Trinajstić information content (AvgIpc) is 2.69. The van der Waals surface area contributed by atoms with Gasteiger partial charge in [-0.25, -0.2) is 12.8 Å². The van der Waals surface area contributed by atoms with Crippen LogP contribution < -0.4 is 10.1 Å². The zero-order valence-electron chi connectivity index (χ0n) is 15.1. The molecule has 0 saturated carbocycles. The van der Waals surface area contributed by atoms with Crippen LogP contribution in [0.5, 0.6) is 0 Å². The first-order valence-corrected chi connectivity index (χ1v) is 10.2. The van der Waals surface area contributed by atoms with Gasteiger partial charge in [0.05, 0.1) is 21.7 Å². The fraction of sp³-hybridized carbons (Fsp3) is 0. The highest BCUT2D eigenvalue weighted by Crippen LogP contribution is 2.29. The van der Waals surface area contributed by atoms with Crippen molar-refractivity contribution < 1.29 is 17.7 Å². The monoisotopic (exact) mass is 448 g/mol. The van der Waals surface area contributed by atoms with Crippen LogP contribution in [-0.2, 0) is 10.0 Å². The Labute approximate surface area is 176 Å². The first kappa shape index (κ1) is 21.2. The van der Waals surface area contributed by atoms with E-state index < -0.39 is 26.5 Å². The molecule has 0 amide bonds. The quantitative estimate of drug-likeness (QED) is 0.310. The summed E-state index contributed by atoms with van der Waals surface area (Å²) in [7, 11) is -4.09. The van der Waals surface area contributed by atoms with Crippen LogP contribution in [0.15, 0.2) is 76.7 Å². The minimum Gasteiger partial charge on any atom is -0.280 e. The number of hydrogen-bond donors (Lipinski definition) is 2. The third kappa shape index (κ3) is 5.31. The summed E-state index contributed by atoms with van der Waals surface area (Å²) in [4.78, 5) is 10.4. The van der Waals surface area contributed by atoms with Gasteiger partial charge >= 0.3 is 0 Å². The number of halogens is 2. The van der Waals surface area contributed by atoms with Gasteiger partial charge in [0.2, 0.25) is 0 Å². The lowest BCUT2D eigenvalue weighted by atomic mass is 10.2. The Kier molecular flexibility index (Phi) is 6.28. The lowest BCUT2D eigenvalue weighted by Crippen LogP contribution is -2.13. The highest BCUT2D eigenvalue weighted by molar-refractivity contribution is 7.92. The Bertz CT molecular complexity index is 1220. The van der Waals surface area contributed by atoms with Crippen LogP contribution in [0.2, 0.25) is 5.02 Å². The van der Waals surface area contributed by atoms with E-state index >= 15 is 0 Å². The Balaban J connectivity index is 1.83. The molecule has 0 saturated heterocycles. The number of rotatable bonds is 7. The highest BCUT2D eigenvalue weighted by Gasteiger charge is 2.21. The Morgan fingerprint density at radius 2 is 1.80 bits per heavy atom. The molecule has 30 heavy (non-hydrogen) atoms. The molecule has 0 aromatic heterocycles. The number of nitrogens with one attached hydrogen (secondary N) is 2. The molecule has 0 radical (unpaired) electrons. The molecule has 0 spiro atoms. The van der Waals surface area contributed by atoms with Gasteiger partial charge in [-0.3, -0.25) is 20.3 Å². The van der Waals surface area contributed by atoms with Crippen molar-refractivity contribution in [2.45, 2.75) is 4.90 Å². The second-order valence-corrected chi connectivity index (χ2v) is 8.09. The molecular formula is C19H14ClFN4O4S. The highest BCUT2D eigenvalue weighted by atomic mass is 35.5. The summed E-state index contributed by atoms with van der Waals surface area (Å²) in [6, 6.07) is 14.9. The standard InChI is InChI=1S/C19H14ClFN4O4S/c20-14-2-1-3-16(10-14)24-30(28,29)17-8-9-18(19(11-17)25(26)27)23-22-12-13-4-6-15(21)7-5-13/h1-12,23-24H/b22-12+. The predicted octanol–water partition coefficient (Wildman–Crippen LogP) is 4.63. The van der Waals surface area contributed by atoms with Crippen molar-refractivity contribution in [1.29, 1.82) is 0 Å². The summed E-state index contributed by atoms with van der Waals surface area (Å²) in [5.41, 5.74) is 2.78. The maximum absolute atomic E-state index is 12.9. The van der Waals surface area contributed by atoms with E-state index in [0.29, 0.717) is 10.6 Å². The van der Waals surface area contributed by atoms with Crippen molar-refractivity contribution in [3.05, 3.63) is 93.2 Å². The van der Waals surface area contributed by atoms with Gasteiger partial charge in [0, 0.05) is 11.1 Å². The molecule has 0 unspecified atom stereocenters. The maximum atomic E-state index is 12.9. The number of hydrazone groups is 1. The van der Waals surface area contributed by atoms with Crippen molar-refractivity contribution in [3.8, 4) is 0 Å². The number of sulfonamides is 1. The summed E-state index contributed by atoms with van der Waals surface area (Å²) in [5.74, 6) is -0.404. The van der Waals surface area contributed by atoms with Crippen molar-refractivity contribution >= 4 is 44.9 Å². The smallest absolute Gasteiger partial charge is 0.280 e. The van der Waals surface area contributed by atoms with Crippen molar-refractivity contribution in [2.24, 2.45) is 5.10 Å². The third-order valence-corrected chi connectivity index (χ3v) is 5.44. The zero-order valence-corrected chi connectivity index (χ0v) is 16.7. The molecule has 3 aromatic carbocycles. The predicted molar refractivity (Wildman–Crippen MR) is 113 cm³/mol. The van der Waals surface area contributed by atoms with Crippen LogP contribution in [0.4, 0.5) is 21.5 Å². The Morgan fingerprint density at radius 3 is 2.47 bits per heavy atom. The SMILES string of the molecule is O=[N+]([O-])c1cc(S(=O)(=O)Nc2cccc(Cl)c2)ccc1N/N=C/c1ccc(F)cc1. The molecule has 0 heterocycles. The van der Waals surface area contributed by atoms with Crippen LogP contribution in [0.25, 0.3) is 0 Å². The van der Waals surface area contributed by atoms with Crippen LogP contribution in [0, 0.1) is 15.9 Å². The molecule has 0 aliphatic rings. The second kappa shape index (κ2) is 8.89. The van der Waals surface area contributed by atoms with E-state index in [4.69, 9.17) is 11.6 Å². The molecule has 0 aliphatic heterocycles. The molecule has 8 nitrogen and oxygen atoms in total. The van der Waals surface area contributed by atoms with E-state index in [0.717, 1.165) is 6.07 Å². The van der Waals surface area contributed by atoms with Crippen LogP contribution in [-0.4, -0.2) is 19.6 Å². The Morgan fingerprint density at radius 1 is 1.07 bits per heavy atom. The van der Waals surface area contributed by atoms with E-state index in [-0.39, 0.29) is 16.3 Å². The topological polar surface area (TPSA) is 114 Å². The summed E-state index contributed by atoms with van der Waals surface area (Å²) in [6.07, 6.45) is 1.34.